The molecule has 0 saturated heterocycles. The molecule has 292 valence electrons. The third-order valence-electron chi connectivity index (χ3n) is 8.76. The molecule has 58 heavy (non-hydrogen) atoms. The molecule has 0 aliphatic carbocycles. The van der Waals surface area contributed by atoms with Gasteiger partial charge in [0.05, 0.1) is 35.2 Å². The van der Waals surface area contributed by atoms with Crippen LogP contribution in [0.5, 0.6) is 0 Å². The maximum absolute atomic E-state index is 14.3. The van der Waals surface area contributed by atoms with E-state index < -0.39 is 23.4 Å². The summed E-state index contributed by atoms with van der Waals surface area (Å²) in [5.41, 5.74) is 19.0. The highest BCUT2D eigenvalue weighted by molar-refractivity contribution is 6.31. The molecule has 2 aromatic carbocycles. The minimum Gasteiger partial charge on any atom is -0.368 e. The van der Waals surface area contributed by atoms with Crippen molar-refractivity contribution in [1.82, 2.24) is 39.5 Å². The zero-order valence-corrected chi connectivity index (χ0v) is 32.2. The fourth-order valence-electron chi connectivity index (χ4n) is 5.99. The van der Waals surface area contributed by atoms with Gasteiger partial charge in [-0.05, 0) is 85.6 Å². The van der Waals surface area contributed by atoms with E-state index >= 15 is 0 Å². The monoisotopic (exact) mass is 820 g/mol. The lowest BCUT2D eigenvalue weighted by Crippen LogP contribution is -2.19. The van der Waals surface area contributed by atoms with E-state index in [1.807, 2.05) is 13.8 Å². The Morgan fingerprint density at radius 3 is 1.78 bits per heavy atom. The van der Waals surface area contributed by atoms with Crippen LogP contribution in [-0.2, 0) is 22.7 Å². The van der Waals surface area contributed by atoms with E-state index in [9.17, 15) is 18.4 Å². The second-order valence-corrected chi connectivity index (χ2v) is 13.9. The van der Waals surface area contributed by atoms with Crippen LogP contribution in [0.1, 0.15) is 11.1 Å². The van der Waals surface area contributed by atoms with E-state index in [0.29, 0.717) is 71.7 Å². The molecule has 0 bridgehead atoms. The van der Waals surface area contributed by atoms with Crippen molar-refractivity contribution in [2.45, 2.75) is 26.9 Å². The predicted octanol–water partition coefficient (Wildman–Crippen LogP) is 7.65. The Hall–Kier alpha value is -7.04. The number of hydrogen-bond donors (Lipinski definition) is 4. The second kappa shape index (κ2) is 16.6. The van der Waals surface area contributed by atoms with Crippen molar-refractivity contribution in [2.75, 3.05) is 10.6 Å². The number of hydrogen-bond acceptors (Lipinski definition) is 10. The van der Waals surface area contributed by atoms with Crippen molar-refractivity contribution in [3.05, 3.63) is 131 Å². The number of primary amides is 2. The van der Waals surface area contributed by atoms with Crippen LogP contribution in [0, 0.1) is 25.5 Å². The van der Waals surface area contributed by atoms with Crippen LogP contribution < -0.4 is 22.1 Å². The average molecular weight is 822 g/mol. The van der Waals surface area contributed by atoms with Gasteiger partial charge in [-0.2, -0.15) is 10.2 Å². The third kappa shape index (κ3) is 8.67. The normalized spacial score (nSPS) is 11.0. The summed E-state index contributed by atoms with van der Waals surface area (Å²) < 4.78 is 31.5. The Balaban J connectivity index is 0.000000177. The second-order valence-electron chi connectivity index (χ2n) is 13.0. The number of nitrogens with two attached hydrogens (primary N) is 2. The van der Waals surface area contributed by atoms with Crippen molar-refractivity contribution < 1.29 is 18.4 Å². The Morgan fingerprint density at radius 2 is 1.21 bits per heavy atom. The van der Waals surface area contributed by atoms with Crippen molar-refractivity contribution in [1.29, 1.82) is 0 Å². The summed E-state index contributed by atoms with van der Waals surface area (Å²) in [6.45, 7) is 3.66. The minimum absolute atomic E-state index is 0.0394. The van der Waals surface area contributed by atoms with E-state index in [0.717, 1.165) is 16.8 Å². The van der Waals surface area contributed by atoms with Gasteiger partial charge in [0.25, 0.3) is 0 Å². The summed E-state index contributed by atoms with van der Waals surface area (Å²) in [6.07, 6.45) is 9.79. The van der Waals surface area contributed by atoms with Gasteiger partial charge in [0.1, 0.15) is 46.8 Å². The topological polar surface area (TPSA) is 197 Å². The van der Waals surface area contributed by atoms with Gasteiger partial charge < -0.3 is 22.1 Å². The molecule has 0 spiro atoms. The number of carbonyl (C=O) groups excluding carboxylic acids is 2. The number of anilines is 4. The lowest BCUT2D eigenvalue weighted by molar-refractivity contribution is -0.119. The van der Waals surface area contributed by atoms with Gasteiger partial charge in [-0.3, -0.25) is 38.9 Å². The first-order valence-corrected chi connectivity index (χ1v) is 18.2. The van der Waals surface area contributed by atoms with Crippen LogP contribution in [0.3, 0.4) is 0 Å². The number of fused-ring (bicyclic) bond motifs is 2. The fourth-order valence-corrected chi connectivity index (χ4v) is 6.33. The molecule has 0 radical (unpaired) electrons. The van der Waals surface area contributed by atoms with Crippen LogP contribution >= 0.6 is 23.2 Å². The molecule has 8 aromatic rings. The number of benzene rings is 2. The number of carbonyl (C=O) groups is 2. The number of aryl methyl sites for hydroxylation is 2. The lowest BCUT2D eigenvalue weighted by Gasteiger charge is -2.13. The maximum Gasteiger partial charge on any atom is 0.239 e. The smallest absolute Gasteiger partial charge is 0.239 e. The molecular formula is C40H32Cl2F2N12O2. The quantitative estimate of drug-likeness (QED) is 0.106. The van der Waals surface area contributed by atoms with Gasteiger partial charge in [-0.25, -0.2) is 8.78 Å². The van der Waals surface area contributed by atoms with Gasteiger partial charge in [0, 0.05) is 57.3 Å². The molecule has 6 N–H and O–H groups in total. The minimum atomic E-state index is -0.511. The lowest BCUT2D eigenvalue weighted by atomic mass is 10.1. The Morgan fingerprint density at radius 1 is 0.672 bits per heavy atom. The highest BCUT2D eigenvalue weighted by Gasteiger charge is 2.16. The van der Waals surface area contributed by atoms with Crippen LogP contribution in [-0.4, -0.2) is 51.3 Å². The number of amides is 2. The van der Waals surface area contributed by atoms with Crippen molar-refractivity contribution >= 4 is 79.8 Å². The number of nitrogens with one attached hydrogen (secondary N) is 2. The van der Waals surface area contributed by atoms with Crippen LogP contribution in [0.15, 0.2) is 97.8 Å². The molecule has 0 unspecified atom stereocenters. The van der Waals surface area contributed by atoms with Gasteiger partial charge in [0.2, 0.25) is 11.8 Å². The Labute approximate surface area is 338 Å². The molecular weight excluding hydrogens is 789 g/mol. The van der Waals surface area contributed by atoms with Crippen LogP contribution in [0.4, 0.5) is 31.5 Å². The largest absolute Gasteiger partial charge is 0.368 e. The molecule has 2 amide bonds. The first-order valence-electron chi connectivity index (χ1n) is 17.4. The van der Waals surface area contributed by atoms with E-state index in [1.54, 1.807) is 61.4 Å². The molecule has 18 heteroatoms. The summed E-state index contributed by atoms with van der Waals surface area (Å²) in [5, 5.41) is 16.0. The third-order valence-corrected chi connectivity index (χ3v) is 9.23. The number of rotatable bonds is 10. The highest BCUT2D eigenvalue weighted by Crippen LogP contribution is 2.33. The molecule has 6 heterocycles. The van der Waals surface area contributed by atoms with Crippen LogP contribution in [0.25, 0.3) is 44.6 Å². The Bertz CT molecular complexity index is 2860. The number of halogens is 4. The van der Waals surface area contributed by atoms with Gasteiger partial charge in [-0.15, -0.1) is 0 Å². The fraction of sp³-hybridized carbons (Fsp3) is 0.100. The maximum atomic E-state index is 14.3. The molecule has 14 nitrogen and oxygen atoms in total. The summed E-state index contributed by atoms with van der Waals surface area (Å²) in [6, 6.07) is 15.7. The van der Waals surface area contributed by atoms with Crippen molar-refractivity contribution in [2.24, 2.45) is 11.5 Å². The molecule has 0 fully saturated rings. The number of nitrogens with zero attached hydrogens (tertiary/aromatic N) is 8. The van der Waals surface area contributed by atoms with Crippen LogP contribution in [0.2, 0.25) is 10.0 Å². The predicted molar refractivity (Wildman–Crippen MR) is 219 cm³/mol. The average Bonchev–Trinajstić information content (AvgIpc) is 3.79. The van der Waals surface area contributed by atoms with Crippen molar-refractivity contribution in [3.63, 3.8) is 0 Å². The summed E-state index contributed by atoms with van der Waals surface area (Å²) in [5.74, 6) is -1.83. The molecule has 0 aliphatic heterocycles. The van der Waals surface area contributed by atoms with E-state index in [2.05, 4.69) is 40.8 Å². The summed E-state index contributed by atoms with van der Waals surface area (Å²) in [7, 11) is 0. The van der Waals surface area contributed by atoms with Gasteiger partial charge in [0.15, 0.2) is 0 Å². The Kier molecular flexibility index (Phi) is 11.2. The van der Waals surface area contributed by atoms with Gasteiger partial charge >= 0.3 is 0 Å². The van der Waals surface area contributed by atoms with E-state index in [4.69, 9.17) is 34.7 Å². The first kappa shape index (κ1) is 39.2. The SMILES string of the molecule is Cc1cnc(-c2cc(Cl)ccc2F)cc1Nc1ccnc2cn(CC(N)=O)nc12.Cc1cnc(-c2cc(Cl)ccc2F)cc1Nc1ccnc2cnn(CC(N)=O)c12. The first-order chi connectivity index (χ1) is 27.8. The molecule has 8 rings (SSSR count). The van der Waals surface area contributed by atoms with Crippen molar-refractivity contribution in [3.8, 4) is 22.5 Å². The van der Waals surface area contributed by atoms with Gasteiger partial charge in [-0.1, -0.05) is 23.2 Å². The standard InChI is InChI=1S/2C20H16ClFN6O/c1-11-8-25-17(13-6-12(21)2-3-14(13)22)7-16(11)26-15-4-5-24-18-9-28(10-19(23)29)27-20(15)18;1-11-8-25-17(13-6-12(21)2-3-14(13)22)7-16(11)27-15-4-5-24-18-9-26-28(20(15)18)10-19(23)29/h2-9H,10H2,1H3,(H2,23,29)(H,25,26);2-9H,10H2,1H3,(H2,23,29)(H,24,25,27). The molecule has 6 aromatic heterocycles. The number of aromatic nitrogens is 8. The van der Waals surface area contributed by atoms with E-state index in [1.165, 1.54) is 45.8 Å². The van der Waals surface area contributed by atoms with E-state index in [-0.39, 0.29) is 13.1 Å². The summed E-state index contributed by atoms with van der Waals surface area (Å²) in [4.78, 5) is 39.7. The summed E-state index contributed by atoms with van der Waals surface area (Å²) >= 11 is 12.0. The highest BCUT2D eigenvalue weighted by atomic mass is 35.5. The molecule has 0 atom stereocenters. The molecule has 0 saturated carbocycles. The molecule has 0 aliphatic rings. The zero-order chi connectivity index (χ0) is 41.1. The zero-order valence-electron chi connectivity index (χ0n) is 30.7. The number of pyridine rings is 4.